The molecule has 0 saturated heterocycles. The Morgan fingerprint density at radius 3 is 1.69 bits per heavy atom. The third kappa shape index (κ3) is 7.38. The quantitative estimate of drug-likeness (QED) is 0.173. The van der Waals surface area contributed by atoms with Crippen molar-refractivity contribution in [1.82, 2.24) is 0 Å². The number of anilines is 5. The number of thiophene rings is 1. The molecule has 0 radical (unpaired) electrons. The zero-order chi connectivity index (χ0) is 49.8. The fourth-order valence-corrected chi connectivity index (χ4v) is 14.8. The molecule has 360 valence electrons. The Hall–Kier alpha value is -5.58. The summed E-state index contributed by atoms with van der Waals surface area (Å²) in [5, 5.41) is 8.07. The predicted molar refractivity (Wildman–Crippen MR) is 312 cm³/mol. The highest BCUT2D eigenvalue weighted by Gasteiger charge is 2.43. The van der Waals surface area contributed by atoms with Gasteiger partial charge in [-0.3, -0.25) is 0 Å². The molecular formula is C67H73BN2S. The second-order valence-corrected chi connectivity index (χ2v) is 27.4. The first kappa shape index (κ1) is 46.5. The Bertz CT molecular complexity index is 3510. The van der Waals surface area contributed by atoms with Crippen molar-refractivity contribution in [2.75, 3.05) is 10.2 Å². The minimum absolute atomic E-state index is 0.0597. The van der Waals surface area contributed by atoms with E-state index >= 15 is 0 Å². The number of hydrogen-bond acceptors (Lipinski definition) is 3. The molecule has 0 unspecified atom stereocenters. The van der Waals surface area contributed by atoms with E-state index in [0.29, 0.717) is 0 Å². The maximum absolute atomic E-state index is 4.10. The van der Waals surface area contributed by atoms with Gasteiger partial charge in [-0.25, -0.2) is 0 Å². The van der Waals surface area contributed by atoms with Crippen LogP contribution in [-0.4, -0.2) is 7.28 Å². The Morgan fingerprint density at radius 1 is 0.465 bits per heavy atom. The summed E-state index contributed by atoms with van der Waals surface area (Å²) in [5.41, 5.74) is 23.7. The van der Waals surface area contributed by atoms with Crippen LogP contribution in [0, 0.1) is 6.92 Å². The van der Waals surface area contributed by atoms with Crippen LogP contribution < -0.4 is 20.5 Å². The molecule has 0 saturated carbocycles. The second kappa shape index (κ2) is 15.7. The van der Waals surface area contributed by atoms with Crippen LogP contribution in [0.25, 0.3) is 43.1 Å². The van der Waals surface area contributed by atoms with Crippen molar-refractivity contribution in [1.29, 1.82) is 0 Å². The van der Waals surface area contributed by atoms with Gasteiger partial charge in [-0.2, -0.15) is 0 Å². The maximum Gasteiger partial charge on any atom is 0.211 e. The molecule has 4 aliphatic rings. The largest absolute Gasteiger partial charge is 0.355 e. The van der Waals surface area contributed by atoms with Gasteiger partial charge in [-0.05, 0) is 198 Å². The van der Waals surface area contributed by atoms with E-state index in [1.54, 1.807) is 0 Å². The van der Waals surface area contributed by atoms with E-state index in [1.807, 2.05) is 11.3 Å². The Kier molecular flexibility index (Phi) is 10.3. The molecule has 0 spiro atoms. The monoisotopic (exact) mass is 949 g/mol. The summed E-state index contributed by atoms with van der Waals surface area (Å²) < 4.78 is 2.86. The second-order valence-electron chi connectivity index (χ2n) is 26.3. The van der Waals surface area contributed by atoms with E-state index in [0.717, 1.165) is 18.7 Å². The number of aryl methyl sites for hydroxylation is 1. The molecule has 1 aliphatic heterocycles. The predicted octanol–water partition coefficient (Wildman–Crippen LogP) is 17.7. The summed E-state index contributed by atoms with van der Waals surface area (Å²) in [6.45, 7) is 31.9. The van der Waals surface area contributed by atoms with Gasteiger partial charge >= 0.3 is 0 Å². The van der Waals surface area contributed by atoms with Crippen LogP contribution >= 0.6 is 11.3 Å². The van der Waals surface area contributed by atoms with E-state index in [4.69, 9.17) is 0 Å². The van der Waals surface area contributed by atoms with Gasteiger partial charge in [0.25, 0.3) is 0 Å². The fourth-order valence-electron chi connectivity index (χ4n) is 13.6. The lowest BCUT2D eigenvalue weighted by Gasteiger charge is -2.44. The van der Waals surface area contributed by atoms with Gasteiger partial charge in [0.15, 0.2) is 0 Å². The highest BCUT2D eigenvalue weighted by atomic mass is 32.1. The fraction of sp³-hybridized carbons (Fsp3) is 0.373. The third-order valence-electron chi connectivity index (χ3n) is 18.6. The average Bonchev–Trinajstić information content (AvgIpc) is 3.70. The third-order valence-corrected chi connectivity index (χ3v) is 19.7. The van der Waals surface area contributed by atoms with Crippen molar-refractivity contribution < 1.29 is 0 Å². The molecule has 0 atom stereocenters. The van der Waals surface area contributed by atoms with E-state index in [1.165, 1.54) is 148 Å². The van der Waals surface area contributed by atoms with Crippen molar-refractivity contribution in [3.05, 3.63) is 160 Å². The first-order valence-electron chi connectivity index (χ1n) is 26.8. The van der Waals surface area contributed by atoms with Crippen molar-refractivity contribution in [3.8, 4) is 22.3 Å². The van der Waals surface area contributed by atoms with Gasteiger partial charge in [-0.1, -0.05) is 156 Å². The van der Waals surface area contributed by atoms with E-state index in [-0.39, 0.29) is 32.5 Å². The van der Waals surface area contributed by atoms with Crippen LogP contribution in [0.2, 0.25) is 0 Å². The molecule has 1 aromatic heterocycles. The normalized spacial score (nSPS) is 19.5. The van der Waals surface area contributed by atoms with Gasteiger partial charge in [0.2, 0.25) is 7.28 Å². The molecule has 1 N–H and O–H groups in total. The van der Waals surface area contributed by atoms with Crippen LogP contribution in [0.15, 0.2) is 121 Å². The summed E-state index contributed by atoms with van der Waals surface area (Å²) in [6.07, 6.45) is 7.16. The van der Waals surface area contributed by atoms with Crippen LogP contribution in [0.5, 0.6) is 0 Å². The molecular weight excluding hydrogens is 876 g/mol. The first-order chi connectivity index (χ1) is 33.5. The van der Waals surface area contributed by atoms with Crippen molar-refractivity contribution in [2.24, 2.45) is 0 Å². The van der Waals surface area contributed by atoms with Crippen LogP contribution in [0.4, 0.5) is 28.4 Å². The topological polar surface area (TPSA) is 15.3 Å². The molecule has 7 aromatic carbocycles. The molecule has 0 amide bonds. The highest BCUT2D eigenvalue weighted by Crippen LogP contribution is 2.55. The van der Waals surface area contributed by atoms with E-state index in [2.05, 4.69) is 222 Å². The lowest BCUT2D eigenvalue weighted by molar-refractivity contribution is 0.332. The minimum atomic E-state index is 0.0597. The minimum Gasteiger partial charge on any atom is -0.355 e. The molecule has 3 aliphatic carbocycles. The number of nitrogens with zero attached hydrogens (tertiary/aromatic N) is 1. The summed E-state index contributed by atoms with van der Waals surface area (Å²) in [5.74, 6) is 0. The van der Waals surface area contributed by atoms with Crippen molar-refractivity contribution in [3.63, 3.8) is 0 Å². The zero-order valence-corrected chi connectivity index (χ0v) is 45.7. The van der Waals surface area contributed by atoms with Crippen molar-refractivity contribution in [2.45, 2.75) is 161 Å². The van der Waals surface area contributed by atoms with Gasteiger partial charge in [0.05, 0.1) is 5.69 Å². The summed E-state index contributed by atoms with van der Waals surface area (Å²) in [6, 6.07) is 47.6. The molecule has 12 rings (SSSR count). The highest BCUT2D eigenvalue weighted by molar-refractivity contribution is 7.29. The number of nitrogens with one attached hydrogen (secondary N) is 1. The smallest absolute Gasteiger partial charge is 0.211 e. The van der Waals surface area contributed by atoms with Gasteiger partial charge < -0.3 is 10.2 Å². The lowest BCUT2D eigenvalue weighted by atomic mass is 9.60. The first-order valence-corrected chi connectivity index (χ1v) is 27.6. The Morgan fingerprint density at radius 2 is 1.03 bits per heavy atom. The summed E-state index contributed by atoms with van der Waals surface area (Å²) >= 11 is 2.04. The molecule has 0 bridgehead atoms. The molecule has 71 heavy (non-hydrogen) atoms. The van der Waals surface area contributed by atoms with Gasteiger partial charge in [0.1, 0.15) is 0 Å². The van der Waals surface area contributed by atoms with Gasteiger partial charge in [-0.15, -0.1) is 11.3 Å². The molecule has 8 aromatic rings. The summed E-state index contributed by atoms with van der Waals surface area (Å²) in [4.78, 5) is 2.78. The van der Waals surface area contributed by atoms with E-state index in [9.17, 15) is 0 Å². The SMILES string of the molecule is Cc1cc2c(cc1N1c3c(c(-c4cc(-c5ccccc5)ccc4Nc4ccc5c(c4)C(C)(C)CCC5(C)C)cc4ccccc34)Bc3sc4cc5c(cc4c31)C(C)(C)CCC5(C)C)C(C)(C)CCC2(C)C. The number of fused-ring (bicyclic) bond motifs is 9. The number of hydrogen-bond donors (Lipinski definition) is 1. The van der Waals surface area contributed by atoms with Gasteiger partial charge in [0, 0.05) is 43.8 Å². The zero-order valence-electron chi connectivity index (χ0n) is 44.9. The molecule has 0 fully saturated rings. The molecule has 2 heterocycles. The Labute approximate surface area is 429 Å². The van der Waals surface area contributed by atoms with Crippen LogP contribution in [0.3, 0.4) is 0 Å². The van der Waals surface area contributed by atoms with Crippen LogP contribution in [0.1, 0.15) is 161 Å². The molecule has 4 heteroatoms. The van der Waals surface area contributed by atoms with E-state index < -0.39 is 0 Å². The maximum atomic E-state index is 4.10. The van der Waals surface area contributed by atoms with Crippen LogP contribution in [-0.2, 0) is 32.5 Å². The molecule has 2 nitrogen and oxygen atoms in total. The average molecular weight is 949 g/mol. The summed E-state index contributed by atoms with van der Waals surface area (Å²) in [7, 11) is 0.859. The van der Waals surface area contributed by atoms with Crippen molar-refractivity contribution >= 4 is 78.2 Å². The Balaban J connectivity index is 1.15. The standard InChI is InChI=1S/C67H73BN2S/c1-40-33-50-53(66(10,11)31-29-63(50,4)5)38-56(40)70-59-45-22-18-17-21-43(45)35-47(58(59)68-61-60(70)48-37-52-54(39-57(48)71-61)67(12,13)32-30-65(52,8)9)46-34-42(41-19-15-14-16-20-41)23-26-55(46)69-44-24-25-49-51(36-44)64(6,7)28-27-62(49,2)3/h14-26,33-39,68-69H,27-32H2,1-13H3. The lowest BCUT2D eigenvalue weighted by Crippen LogP contribution is -2.40. The number of rotatable bonds is 5. The number of benzene rings is 7.